The van der Waals surface area contributed by atoms with Crippen molar-refractivity contribution in [3.8, 4) is 6.07 Å². The van der Waals surface area contributed by atoms with Crippen LogP contribution >= 0.6 is 0 Å². The first-order chi connectivity index (χ1) is 8.38. The highest BCUT2D eigenvalue weighted by Crippen LogP contribution is 2.15. The van der Waals surface area contributed by atoms with Gasteiger partial charge >= 0.3 is 0 Å². The van der Waals surface area contributed by atoms with Gasteiger partial charge in [-0.15, -0.1) is 0 Å². The number of hydrogen-bond donors (Lipinski definition) is 2. The molecule has 2 N–H and O–H groups in total. The summed E-state index contributed by atoms with van der Waals surface area (Å²) in [5.41, 5.74) is 1.16. The van der Waals surface area contributed by atoms with Crippen LogP contribution in [0.3, 0.4) is 0 Å². The molecule has 0 saturated carbocycles. The smallest absolute Gasteiger partial charge is 0.0641 e. The third-order valence-electron chi connectivity index (χ3n) is 2.72. The van der Waals surface area contributed by atoms with Gasteiger partial charge in [0, 0.05) is 12.6 Å². The number of nitrogens with zero attached hydrogens (tertiary/aromatic N) is 1. The van der Waals surface area contributed by atoms with Gasteiger partial charge in [-0.2, -0.15) is 5.26 Å². The molecule has 92 valence electrons. The minimum absolute atomic E-state index is 0.121. The molecule has 0 aliphatic carbocycles. The summed E-state index contributed by atoms with van der Waals surface area (Å²) >= 11 is 0. The number of unbranched alkanes of at least 4 members (excludes halogenated alkanes) is 2. The van der Waals surface area contributed by atoms with Crippen molar-refractivity contribution in [3.63, 3.8) is 0 Å². The molecule has 1 aromatic rings. The Hall–Kier alpha value is -1.37. The van der Waals surface area contributed by atoms with E-state index in [1.165, 1.54) is 0 Å². The molecule has 1 aromatic carbocycles. The van der Waals surface area contributed by atoms with E-state index < -0.39 is 0 Å². The molecule has 3 heteroatoms. The number of hydrogen-bond acceptors (Lipinski definition) is 3. The molecular formula is C14H20N2O. The van der Waals surface area contributed by atoms with Crippen LogP contribution in [0.1, 0.15) is 37.3 Å². The predicted octanol–water partition coefficient (Wildman–Crippen LogP) is 2.39. The summed E-state index contributed by atoms with van der Waals surface area (Å²) in [7, 11) is 0. The SMILES string of the molecule is N#CCC(NCCCCCO)c1ccccc1. The lowest BCUT2D eigenvalue weighted by atomic mass is 10.0. The van der Waals surface area contributed by atoms with Crippen molar-refractivity contribution < 1.29 is 5.11 Å². The second-order valence-corrected chi connectivity index (χ2v) is 4.06. The quantitative estimate of drug-likeness (QED) is 0.677. The summed E-state index contributed by atoms with van der Waals surface area (Å²) < 4.78 is 0. The number of aliphatic hydroxyl groups excluding tert-OH is 1. The van der Waals surface area contributed by atoms with Crippen molar-refractivity contribution in [2.24, 2.45) is 0 Å². The van der Waals surface area contributed by atoms with Crippen molar-refractivity contribution in [2.45, 2.75) is 31.7 Å². The van der Waals surface area contributed by atoms with E-state index in [0.29, 0.717) is 6.42 Å². The molecule has 0 saturated heterocycles. The van der Waals surface area contributed by atoms with E-state index in [1.54, 1.807) is 0 Å². The fourth-order valence-electron chi connectivity index (χ4n) is 1.77. The summed E-state index contributed by atoms with van der Waals surface area (Å²) in [5.74, 6) is 0. The van der Waals surface area contributed by atoms with Crippen molar-refractivity contribution in [1.29, 1.82) is 5.26 Å². The number of nitrogens with one attached hydrogen (secondary N) is 1. The normalized spacial score (nSPS) is 12.0. The van der Waals surface area contributed by atoms with Gasteiger partial charge in [-0.25, -0.2) is 0 Å². The van der Waals surface area contributed by atoms with Crippen LogP contribution in [0.5, 0.6) is 0 Å². The lowest BCUT2D eigenvalue weighted by molar-refractivity contribution is 0.282. The van der Waals surface area contributed by atoms with Gasteiger partial charge in [0.05, 0.1) is 12.5 Å². The van der Waals surface area contributed by atoms with Crippen LogP contribution in [0.25, 0.3) is 0 Å². The molecule has 0 spiro atoms. The minimum Gasteiger partial charge on any atom is -0.396 e. The summed E-state index contributed by atoms with van der Waals surface area (Å²) in [4.78, 5) is 0. The highest BCUT2D eigenvalue weighted by Gasteiger charge is 2.08. The Morgan fingerprint density at radius 2 is 1.94 bits per heavy atom. The summed E-state index contributed by atoms with van der Waals surface area (Å²) in [6, 6.07) is 12.4. The van der Waals surface area contributed by atoms with E-state index in [0.717, 1.165) is 31.4 Å². The Labute approximate surface area is 103 Å². The topological polar surface area (TPSA) is 56.0 Å². The zero-order chi connectivity index (χ0) is 12.3. The summed E-state index contributed by atoms with van der Waals surface area (Å²) in [6.45, 7) is 1.15. The van der Waals surface area contributed by atoms with E-state index in [-0.39, 0.29) is 12.6 Å². The highest BCUT2D eigenvalue weighted by molar-refractivity contribution is 5.19. The monoisotopic (exact) mass is 232 g/mol. The summed E-state index contributed by atoms with van der Waals surface area (Å²) in [6.07, 6.45) is 3.41. The average molecular weight is 232 g/mol. The Kier molecular flexibility index (Phi) is 7.04. The van der Waals surface area contributed by atoms with Crippen LogP contribution in [0.2, 0.25) is 0 Å². The summed E-state index contributed by atoms with van der Waals surface area (Å²) in [5, 5.41) is 20.9. The van der Waals surface area contributed by atoms with Gasteiger partial charge in [0.15, 0.2) is 0 Å². The first-order valence-corrected chi connectivity index (χ1v) is 6.14. The lowest BCUT2D eigenvalue weighted by Gasteiger charge is -2.16. The lowest BCUT2D eigenvalue weighted by Crippen LogP contribution is -2.22. The van der Waals surface area contributed by atoms with E-state index in [9.17, 15) is 0 Å². The number of benzene rings is 1. The molecule has 0 fully saturated rings. The molecule has 0 radical (unpaired) electrons. The van der Waals surface area contributed by atoms with Crippen molar-refractivity contribution in [2.75, 3.05) is 13.2 Å². The van der Waals surface area contributed by atoms with E-state index in [1.807, 2.05) is 30.3 Å². The standard InChI is InChI=1S/C14H20N2O/c15-10-9-14(13-7-3-1-4-8-13)16-11-5-2-6-12-17/h1,3-4,7-8,14,16-17H,2,5-6,9,11-12H2. The molecule has 1 atom stereocenters. The van der Waals surface area contributed by atoms with Gasteiger partial charge in [-0.05, 0) is 31.4 Å². The fourth-order valence-corrected chi connectivity index (χ4v) is 1.77. The van der Waals surface area contributed by atoms with Gasteiger partial charge in [0.2, 0.25) is 0 Å². The highest BCUT2D eigenvalue weighted by atomic mass is 16.2. The van der Waals surface area contributed by atoms with E-state index in [2.05, 4.69) is 11.4 Å². The maximum Gasteiger partial charge on any atom is 0.0641 e. The zero-order valence-electron chi connectivity index (χ0n) is 10.1. The van der Waals surface area contributed by atoms with Crippen LogP contribution in [0, 0.1) is 11.3 Å². The van der Waals surface area contributed by atoms with Crippen LogP contribution < -0.4 is 5.32 Å². The second-order valence-electron chi connectivity index (χ2n) is 4.06. The van der Waals surface area contributed by atoms with Crippen molar-refractivity contribution in [3.05, 3.63) is 35.9 Å². The Morgan fingerprint density at radius 1 is 1.18 bits per heavy atom. The Balaban J connectivity index is 2.37. The molecule has 0 aliphatic rings. The van der Waals surface area contributed by atoms with Gasteiger partial charge in [-0.3, -0.25) is 0 Å². The van der Waals surface area contributed by atoms with Gasteiger partial charge in [-0.1, -0.05) is 30.3 Å². The van der Waals surface area contributed by atoms with Crippen molar-refractivity contribution >= 4 is 0 Å². The Morgan fingerprint density at radius 3 is 2.59 bits per heavy atom. The third kappa shape index (κ3) is 5.48. The molecule has 1 unspecified atom stereocenters. The molecular weight excluding hydrogens is 212 g/mol. The average Bonchev–Trinajstić information content (AvgIpc) is 2.38. The molecule has 0 bridgehead atoms. The number of nitriles is 1. The molecule has 17 heavy (non-hydrogen) atoms. The van der Waals surface area contributed by atoms with E-state index >= 15 is 0 Å². The first-order valence-electron chi connectivity index (χ1n) is 6.14. The zero-order valence-corrected chi connectivity index (χ0v) is 10.1. The van der Waals surface area contributed by atoms with E-state index in [4.69, 9.17) is 10.4 Å². The number of aliphatic hydroxyl groups is 1. The largest absolute Gasteiger partial charge is 0.396 e. The van der Waals surface area contributed by atoms with Crippen LogP contribution in [-0.2, 0) is 0 Å². The van der Waals surface area contributed by atoms with Gasteiger partial charge in [0.25, 0.3) is 0 Å². The molecule has 0 aliphatic heterocycles. The first kappa shape index (κ1) is 13.7. The second kappa shape index (κ2) is 8.74. The van der Waals surface area contributed by atoms with Gasteiger partial charge < -0.3 is 10.4 Å². The molecule has 0 amide bonds. The van der Waals surface area contributed by atoms with Crippen molar-refractivity contribution in [1.82, 2.24) is 5.32 Å². The third-order valence-corrected chi connectivity index (χ3v) is 2.72. The molecule has 0 heterocycles. The molecule has 0 aromatic heterocycles. The minimum atomic E-state index is 0.121. The number of rotatable bonds is 8. The molecule has 3 nitrogen and oxygen atoms in total. The van der Waals surface area contributed by atoms with Crippen LogP contribution in [-0.4, -0.2) is 18.3 Å². The Bertz CT molecular complexity index is 332. The van der Waals surface area contributed by atoms with Gasteiger partial charge in [0.1, 0.15) is 0 Å². The maximum atomic E-state index is 8.82. The van der Waals surface area contributed by atoms with Crippen LogP contribution in [0.4, 0.5) is 0 Å². The van der Waals surface area contributed by atoms with Crippen LogP contribution in [0.15, 0.2) is 30.3 Å². The molecule has 1 rings (SSSR count). The fraction of sp³-hybridized carbons (Fsp3) is 0.500. The predicted molar refractivity (Wildman–Crippen MR) is 68.4 cm³/mol. The maximum absolute atomic E-state index is 8.82.